The van der Waals surface area contributed by atoms with Crippen molar-refractivity contribution in [2.75, 3.05) is 38.4 Å². The lowest BCUT2D eigenvalue weighted by Crippen LogP contribution is -2.67. The third kappa shape index (κ3) is 11.0. The lowest BCUT2D eigenvalue weighted by Gasteiger charge is -2.49. The van der Waals surface area contributed by atoms with Gasteiger partial charge in [-0.3, -0.25) is 4.79 Å². The van der Waals surface area contributed by atoms with Gasteiger partial charge in [-0.15, -0.1) is 0 Å². The van der Waals surface area contributed by atoms with Crippen LogP contribution >= 0.6 is 0 Å². The highest BCUT2D eigenvalue weighted by Gasteiger charge is 2.55. The number of hydrogen-bond donors (Lipinski definition) is 14. The van der Waals surface area contributed by atoms with Gasteiger partial charge in [0.15, 0.2) is 25.2 Å². The van der Waals surface area contributed by atoms with Crippen molar-refractivity contribution in [2.24, 2.45) is 0 Å². The number of rotatable bonds is 15. The molecule has 0 aliphatic carbocycles. The normalized spacial score (nSPS) is 42.8. The summed E-state index contributed by atoms with van der Waals surface area (Å²) in [6.07, 6.45) is -42.1. The van der Waals surface area contributed by atoms with E-state index in [-0.39, 0.29) is 18.7 Å². The molecule has 4 heterocycles. The van der Waals surface area contributed by atoms with Gasteiger partial charge in [0.1, 0.15) is 97.7 Å². The molecule has 4 aliphatic rings. The molecule has 14 N–H and O–H groups in total. The van der Waals surface area contributed by atoms with Crippen LogP contribution in [0.15, 0.2) is 24.3 Å². The van der Waals surface area contributed by atoms with Crippen molar-refractivity contribution in [3.8, 4) is 0 Å². The molecule has 0 bridgehead atoms. The maximum absolute atomic E-state index is 12.7. The molecule has 4 saturated heterocycles. The van der Waals surface area contributed by atoms with Crippen molar-refractivity contribution in [3.63, 3.8) is 0 Å². The molecular weight excluding hydrogens is 831 g/mol. The van der Waals surface area contributed by atoms with E-state index in [1.165, 1.54) is 24.3 Å². The van der Waals surface area contributed by atoms with Gasteiger partial charge in [-0.05, 0) is 24.1 Å². The SMILES string of the molecule is O=C(Nc1ccc(CCO[C@H]2O[C@H](CO[C@H]3O[C@@H](CO)[C@H](O)[C@@H](O)[C@@H]3O)[C@@H](O[C@@H]3O[C@H](CO)[C@@H](O)[C@H](O)[C@H]3O)[C@H](O[C@@H]3O[C@H](CO)[C@@H](O)[C@H](O)[C@H]3O)[C@H]2O)cc1)C(F)(F)F. The third-order valence-electron chi connectivity index (χ3n) is 10.3. The molecule has 0 saturated carbocycles. The number of aliphatic hydroxyl groups is 13. The Hall–Kier alpha value is -2.36. The summed E-state index contributed by atoms with van der Waals surface area (Å²) in [5.74, 6) is -2.19. The molecule has 23 nitrogen and oxygen atoms in total. The molecule has 1 amide bonds. The Morgan fingerprint density at radius 1 is 0.550 bits per heavy atom. The number of carbonyl (C=O) groups is 1. The van der Waals surface area contributed by atoms with Gasteiger partial charge in [0, 0.05) is 5.69 Å². The monoisotopic (exact) mass is 881 g/mol. The smallest absolute Gasteiger partial charge is 0.394 e. The lowest BCUT2D eigenvalue weighted by atomic mass is 9.95. The zero-order chi connectivity index (χ0) is 44.2. The fourth-order valence-corrected chi connectivity index (χ4v) is 6.80. The Morgan fingerprint density at radius 3 is 1.43 bits per heavy atom. The van der Waals surface area contributed by atoms with Gasteiger partial charge in [-0.1, -0.05) is 12.1 Å². The van der Waals surface area contributed by atoms with Crippen molar-refractivity contribution < 1.29 is 122 Å². The van der Waals surface area contributed by atoms with E-state index in [1.807, 2.05) is 0 Å². The molecule has 0 aromatic heterocycles. The summed E-state index contributed by atoms with van der Waals surface area (Å²) in [5, 5.41) is 137. The molecule has 5 rings (SSSR count). The fraction of sp³-hybridized carbons (Fsp3) is 0.794. The summed E-state index contributed by atoms with van der Waals surface area (Å²) >= 11 is 0. The van der Waals surface area contributed by atoms with Gasteiger partial charge >= 0.3 is 12.1 Å². The molecular formula is C34H50F3NO22. The first-order valence-corrected chi connectivity index (χ1v) is 18.6. The number of carbonyl (C=O) groups excluding carboxylic acids is 1. The minimum atomic E-state index is -5.13. The lowest BCUT2D eigenvalue weighted by molar-refractivity contribution is -0.391. The van der Waals surface area contributed by atoms with Gasteiger partial charge < -0.3 is 110 Å². The number of ether oxygens (including phenoxy) is 8. The van der Waals surface area contributed by atoms with Crippen molar-refractivity contribution in [2.45, 2.75) is 135 Å². The highest BCUT2D eigenvalue weighted by atomic mass is 19.4. The van der Waals surface area contributed by atoms with Crippen LogP contribution in [0.1, 0.15) is 5.56 Å². The first-order chi connectivity index (χ1) is 28.3. The molecule has 4 aliphatic heterocycles. The molecule has 344 valence electrons. The van der Waals surface area contributed by atoms with Crippen LogP contribution < -0.4 is 5.32 Å². The summed E-state index contributed by atoms with van der Waals surface area (Å²) in [6.45, 7) is -3.76. The number of amides is 1. The van der Waals surface area contributed by atoms with E-state index in [0.29, 0.717) is 5.56 Å². The number of hydrogen-bond acceptors (Lipinski definition) is 22. The maximum Gasteiger partial charge on any atom is 0.471 e. The number of alkyl halides is 3. The van der Waals surface area contributed by atoms with E-state index in [4.69, 9.17) is 37.9 Å². The Morgan fingerprint density at radius 2 is 0.967 bits per heavy atom. The van der Waals surface area contributed by atoms with Crippen LogP contribution in [0.2, 0.25) is 0 Å². The van der Waals surface area contributed by atoms with Crippen molar-refractivity contribution >= 4 is 11.6 Å². The molecule has 0 unspecified atom stereocenters. The average molecular weight is 882 g/mol. The Balaban J connectivity index is 1.43. The first kappa shape index (κ1) is 48.7. The predicted octanol–water partition coefficient (Wildman–Crippen LogP) is -6.98. The molecule has 26 heteroatoms. The average Bonchev–Trinajstić information content (AvgIpc) is 3.22. The number of halogens is 3. The van der Waals surface area contributed by atoms with Crippen molar-refractivity contribution in [3.05, 3.63) is 29.8 Å². The number of aliphatic hydroxyl groups excluding tert-OH is 13. The van der Waals surface area contributed by atoms with Crippen LogP contribution in [-0.2, 0) is 49.1 Å². The second-order valence-electron chi connectivity index (χ2n) is 14.4. The van der Waals surface area contributed by atoms with E-state index in [9.17, 15) is 84.4 Å². The second kappa shape index (κ2) is 20.9. The minimum Gasteiger partial charge on any atom is -0.394 e. The van der Waals surface area contributed by atoms with Crippen LogP contribution in [0.4, 0.5) is 18.9 Å². The van der Waals surface area contributed by atoms with Crippen LogP contribution in [0, 0.1) is 0 Å². The number of anilines is 1. The summed E-state index contributed by atoms with van der Waals surface area (Å²) in [7, 11) is 0. The Bertz CT molecular complexity index is 1500. The van der Waals surface area contributed by atoms with E-state index in [1.54, 1.807) is 5.32 Å². The van der Waals surface area contributed by atoms with E-state index in [2.05, 4.69) is 0 Å². The number of benzene rings is 1. The molecule has 4 fully saturated rings. The highest BCUT2D eigenvalue weighted by Crippen LogP contribution is 2.35. The van der Waals surface area contributed by atoms with E-state index >= 15 is 0 Å². The first-order valence-electron chi connectivity index (χ1n) is 18.6. The largest absolute Gasteiger partial charge is 0.471 e. The second-order valence-corrected chi connectivity index (χ2v) is 14.4. The van der Waals surface area contributed by atoms with Gasteiger partial charge in [0.2, 0.25) is 0 Å². The molecule has 60 heavy (non-hydrogen) atoms. The molecule has 20 atom stereocenters. The van der Waals surface area contributed by atoms with E-state index in [0.717, 1.165) is 0 Å². The van der Waals surface area contributed by atoms with Crippen LogP contribution in [0.25, 0.3) is 0 Å². The fourth-order valence-electron chi connectivity index (χ4n) is 6.80. The zero-order valence-corrected chi connectivity index (χ0v) is 31.2. The summed E-state index contributed by atoms with van der Waals surface area (Å²) in [5.41, 5.74) is 0.277. The Labute approximate surface area is 337 Å². The van der Waals surface area contributed by atoms with Gasteiger partial charge in [0.05, 0.1) is 33.0 Å². The van der Waals surface area contributed by atoms with Crippen LogP contribution in [0.3, 0.4) is 0 Å². The quantitative estimate of drug-likeness (QED) is 0.0778. The topological polar surface area (TPSA) is 366 Å². The molecule has 1 aromatic carbocycles. The highest BCUT2D eigenvalue weighted by molar-refractivity contribution is 5.94. The van der Waals surface area contributed by atoms with Crippen LogP contribution in [-0.4, -0.2) is 234 Å². The maximum atomic E-state index is 12.7. The van der Waals surface area contributed by atoms with Crippen molar-refractivity contribution in [1.29, 1.82) is 0 Å². The standard InChI is InChI=1S/C34H50F3NO22/c35-34(36,37)33(52)38-12-3-1-11(2-4-12)5-6-53-30-26(51)28(60-32-25(50)22(47)19(44)15(9-41)57-32)27(59-31-24(49)21(46)18(43)14(8-40)56-31)16(58-30)10-54-29-23(48)20(45)17(42)13(7-39)55-29/h1-4,13-32,39-51H,5-10H2,(H,38,52)/t13-,14+,15+,16+,17-,18+,19+,20+,21-,22-,23-,24+,25+,26+,27+,28+,29-,30-,31-,32-/m0/s1. The molecule has 0 spiro atoms. The van der Waals surface area contributed by atoms with Gasteiger partial charge in [-0.2, -0.15) is 13.2 Å². The summed E-state index contributed by atoms with van der Waals surface area (Å²) in [4.78, 5) is 11.3. The summed E-state index contributed by atoms with van der Waals surface area (Å²) in [6, 6.07) is 5.09. The predicted molar refractivity (Wildman–Crippen MR) is 182 cm³/mol. The molecule has 0 radical (unpaired) electrons. The zero-order valence-electron chi connectivity index (χ0n) is 31.2. The van der Waals surface area contributed by atoms with Crippen LogP contribution in [0.5, 0.6) is 0 Å². The third-order valence-corrected chi connectivity index (χ3v) is 10.3. The Kier molecular flexibility index (Phi) is 16.9. The van der Waals surface area contributed by atoms with E-state index < -0.39 is 161 Å². The number of nitrogens with one attached hydrogen (secondary N) is 1. The van der Waals surface area contributed by atoms with Gasteiger partial charge in [0.25, 0.3) is 0 Å². The van der Waals surface area contributed by atoms with Gasteiger partial charge in [-0.25, -0.2) is 0 Å². The van der Waals surface area contributed by atoms with Crippen molar-refractivity contribution in [1.82, 2.24) is 0 Å². The molecule has 1 aromatic rings. The minimum absolute atomic E-state index is 0.00482. The summed E-state index contributed by atoms with van der Waals surface area (Å²) < 4.78 is 83.7.